The molecule has 1 N–H and O–H groups in total. The summed E-state index contributed by atoms with van der Waals surface area (Å²) in [5, 5.41) is 6.93. The van der Waals surface area contributed by atoms with E-state index in [4.69, 9.17) is 25.9 Å². The van der Waals surface area contributed by atoms with E-state index in [2.05, 4.69) is 15.5 Å². The number of methoxy groups -OCH3 is 2. The fourth-order valence-corrected chi connectivity index (χ4v) is 2.65. The Labute approximate surface area is 149 Å². The summed E-state index contributed by atoms with van der Waals surface area (Å²) in [6.45, 7) is 0. The number of hydrogen-bond acceptors (Lipinski definition) is 6. The van der Waals surface area contributed by atoms with Crippen molar-refractivity contribution >= 4 is 28.9 Å². The highest BCUT2D eigenvalue weighted by Crippen LogP contribution is 2.33. The first kappa shape index (κ1) is 17.0. The van der Waals surface area contributed by atoms with Crippen LogP contribution in [0.5, 0.6) is 11.5 Å². The second-order valence-corrected chi connectivity index (χ2v) is 5.57. The standard InChI is InChI=1S/C17H16ClN3O4/c1-23-13-7-3-5-10(15(13)24-2)12-9-14(25-21-12)17(22)20-11-6-4-8-19-16(11)18/h3-8,14H,9H2,1-2H3,(H,20,22)/t14-/m0/s1. The van der Waals surface area contributed by atoms with Crippen LogP contribution in [0, 0.1) is 0 Å². The molecule has 0 aliphatic carbocycles. The molecule has 0 fully saturated rings. The molecule has 0 spiro atoms. The second kappa shape index (κ2) is 7.40. The normalized spacial score (nSPS) is 16.0. The number of para-hydroxylation sites is 1. The van der Waals surface area contributed by atoms with Gasteiger partial charge in [-0.3, -0.25) is 4.79 Å². The Kier molecular flexibility index (Phi) is 5.04. The predicted molar refractivity (Wildman–Crippen MR) is 93.4 cm³/mol. The van der Waals surface area contributed by atoms with Gasteiger partial charge in [-0.2, -0.15) is 0 Å². The molecule has 2 heterocycles. The van der Waals surface area contributed by atoms with Crippen molar-refractivity contribution in [1.82, 2.24) is 4.98 Å². The van der Waals surface area contributed by atoms with Crippen molar-refractivity contribution in [1.29, 1.82) is 0 Å². The van der Waals surface area contributed by atoms with Gasteiger partial charge in [0.25, 0.3) is 5.91 Å². The fraction of sp³-hybridized carbons (Fsp3) is 0.235. The summed E-state index contributed by atoms with van der Waals surface area (Å²) >= 11 is 5.95. The van der Waals surface area contributed by atoms with Crippen LogP contribution in [0.15, 0.2) is 41.7 Å². The van der Waals surface area contributed by atoms with E-state index in [-0.39, 0.29) is 11.1 Å². The molecule has 1 aliphatic heterocycles. The van der Waals surface area contributed by atoms with Crippen LogP contribution in [0.4, 0.5) is 5.69 Å². The van der Waals surface area contributed by atoms with Crippen LogP contribution in [0.1, 0.15) is 12.0 Å². The van der Waals surface area contributed by atoms with Gasteiger partial charge in [-0.1, -0.05) is 22.8 Å². The highest BCUT2D eigenvalue weighted by Gasteiger charge is 2.31. The zero-order valence-corrected chi connectivity index (χ0v) is 14.4. The quantitative estimate of drug-likeness (QED) is 0.828. The summed E-state index contributed by atoms with van der Waals surface area (Å²) in [5.74, 6) is 0.775. The number of amides is 1. The van der Waals surface area contributed by atoms with Crippen LogP contribution in [-0.4, -0.2) is 36.9 Å². The Morgan fingerprint density at radius 1 is 1.28 bits per heavy atom. The SMILES string of the molecule is COc1cccc(C2=NO[C@H](C(=O)Nc3cccnc3Cl)C2)c1OC. The summed E-state index contributed by atoms with van der Waals surface area (Å²) in [6, 6.07) is 8.78. The average Bonchev–Trinajstić information content (AvgIpc) is 3.13. The number of carbonyl (C=O) groups is 1. The van der Waals surface area contributed by atoms with Crippen molar-refractivity contribution in [3.05, 3.63) is 47.2 Å². The Balaban J connectivity index is 1.73. The van der Waals surface area contributed by atoms with Gasteiger partial charge in [-0.25, -0.2) is 4.98 Å². The molecule has 1 aromatic carbocycles. The van der Waals surface area contributed by atoms with E-state index in [1.165, 1.54) is 0 Å². The number of benzene rings is 1. The Morgan fingerprint density at radius 2 is 2.12 bits per heavy atom. The molecule has 0 saturated carbocycles. The van der Waals surface area contributed by atoms with E-state index in [1.54, 1.807) is 38.6 Å². The number of rotatable bonds is 5. The molecule has 0 radical (unpaired) electrons. The van der Waals surface area contributed by atoms with Crippen molar-refractivity contribution in [3.63, 3.8) is 0 Å². The molecule has 1 aliphatic rings. The number of ether oxygens (including phenoxy) is 2. The maximum absolute atomic E-state index is 12.4. The molecule has 25 heavy (non-hydrogen) atoms. The van der Waals surface area contributed by atoms with Crippen molar-refractivity contribution in [2.24, 2.45) is 5.16 Å². The maximum Gasteiger partial charge on any atom is 0.268 e. The molecule has 7 nitrogen and oxygen atoms in total. The Bertz CT molecular complexity index is 825. The number of oxime groups is 1. The van der Waals surface area contributed by atoms with E-state index in [0.29, 0.717) is 29.3 Å². The van der Waals surface area contributed by atoms with Gasteiger partial charge < -0.3 is 19.6 Å². The van der Waals surface area contributed by atoms with Gasteiger partial charge in [-0.15, -0.1) is 0 Å². The first-order valence-electron chi connectivity index (χ1n) is 7.49. The first-order chi connectivity index (χ1) is 12.1. The highest BCUT2D eigenvalue weighted by molar-refractivity contribution is 6.32. The molecule has 0 bridgehead atoms. The predicted octanol–water partition coefficient (Wildman–Crippen LogP) is 2.88. The monoisotopic (exact) mass is 361 g/mol. The van der Waals surface area contributed by atoms with Gasteiger partial charge in [0.2, 0.25) is 6.10 Å². The van der Waals surface area contributed by atoms with Gasteiger partial charge >= 0.3 is 0 Å². The molecule has 1 amide bonds. The lowest BCUT2D eigenvalue weighted by Crippen LogP contribution is -2.28. The number of nitrogens with zero attached hydrogens (tertiary/aromatic N) is 2. The number of halogens is 1. The summed E-state index contributed by atoms with van der Waals surface area (Å²) in [6.07, 6.45) is 1.08. The number of carbonyl (C=O) groups excluding carboxylic acids is 1. The molecule has 0 saturated heterocycles. The zero-order chi connectivity index (χ0) is 17.8. The molecule has 3 rings (SSSR count). The van der Waals surface area contributed by atoms with Crippen molar-refractivity contribution < 1.29 is 19.1 Å². The number of nitrogens with one attached hydrogen (secondary N) is 1. The van der Waals surface area contributed by atoms with Crippen LogP contribution in [0.25, 0.3) is 0 Å². The number of hydrogen-bond donors (Lipinski definition) is 1. The van der Waals surface area contributed by atoms with Crippen molar-refractivity contribution in [2.45, 2.75) is 12.5 Å². The molecule has 1 aromatic heterocycles. The Morgan fingerprint density at radius 3 is 2.84 bits per heavy atom. The summed E-state index contributed by atoms with van der Waals surface area (Å²) in [5.41, 5.74) is 1.75. The fourth-order valence-electron chi connectivity index (χ4n) is 2.48. The van der Waals surface area contributed by atoms with Gasteiger partial charge in [0.15, 0.2) is 16.7 Å². The van der Waals surface area contributed by atoms with Gasteiger partial charge in [-0.05, 0) is 24.3 Å². The number of aromatic nitrogens is 1. The van der Waals surface area contributed by atoms with Crippen LogP contribution in [0.2, 0.25) is 5.15 Å². The molecule has 1 atom stereocenters. The molecule has 8 heteroatoms. The minimum Gasteiger partial charge on any atom is -0.493 e. The molecule has 0 unspecified atom stereocenters. The summed E-state index contributed by atoms with van der Waals surface area (Å²) in [4.78, 5) is 21.6. The number of anilines is 1. The third-order valence-electron chi connectivity index (χ3n) is 3.69. The molecule has 2 aromatic rings. The minimum absolute atomic E-state index is 0.212. The van der Waals surface area contributed by atoms with E-state index < -0.39 is 6.10 Å². The van der Waals surface area contributed by atoms with E-state index in [1.807, 2.05) is 12.1 Å². The van der Waals surface area contributed by atoms with Crippen LogP contribution < -0.4 is 14.8 Å². The lowest BCUT2D eigenvalue weighted by atomic mass is 10.0. The van der Waals surface area contributed by atoms with E-state index >= 15 is 0 Å². The highest BCUT2D eigenvalue weighted by atomic mass is 35.5. The Hall–Kier alpha value is -2.80. The lowest BCUT2D eigenvalue weighted by molar-refractivity contribution is -0.125. The lowest BCUT2D eigenvalue weighted by Gasteiger charge is -2.12. The molecule has 130 valence electrons. The van der Waals surface area contributed by atoms with Gasteiger partial charge in [0.1, 0.15) is 0 Å². The van der Waals surface area contributed by atoms with Crippen molar-refractivity contribution in [3.8, 4) is 11.5 Å². The third kappa shape index (κ3) is 3.51. The maximum atomic E-state index is 12.4. The minimum atomic E-state index is -0.762. The van der Waals surface area contributed by atoms with E-state index in [0.717, 1.165) is 5.56 Å². The van der Waals surface area contributed by atoms with Gasteiger partial charge in [0.05, 0.1) is 25.6 Å². The van der Waals surface area contributed by atoms with Crippen LogP contribution in [0.3, 0.4) is 0 Å². The zero-order valence-electron chi connectivity index (χ0n) is 13.7. The topological polar surface area (TPSA) is 82.0 Å². The molecular weight excluding hydrogens is 346 g/mol. The van der Waals surface area contributed by atoms with Crippen molar-refractivity contribution in [2.75, 3.05) is 19.5 Å². The average molecular weight is 362 g/mol. The second-order valence-electron chi connectivity index (χ2n) is 5.21. The number of pyridine rings is 1. The van der Waals surface area contributed by atoms with E-state index in [9.17, 15) is 4.79 Å². The molecular formula is C17H16ClN3O4. The first-order valence-corrected chi connectivity index (χ1v) is 7.87. The summed E-state index contributed by atoms with van der Waals surface area (Å²) < 4.78 is 10.7. The van der Waals surface area contributed by atoms with Crippen LogP contribution >= 0.6 is 11.6 Å². The van der Waals surface area contributed by atoms with Crippen LogP contribution in [-0.2, 0) is 9.63 Å². The van der Waals surface area contributed by atoms with Gasteiger partial charge in [0, 0.05) is 18.2 Å². The smallest absolute Gasteiger partial charge is 0.268 e. The largest absolute Gasteiger partial charge is 0.493 e. The summed E-state index contributed by atoms with van der Waals surface area (Å²) in [7, 11) is 3.11. The third-order valence-corrected chi connectivity index (χ3v) is 3.99.